The van der Waals surface area contributed by atoms with Gasteiger partial charge in [-0.3, -0.25) is 0 Å². The molecule has 124 valence electrons. The van der Waals surface area contributed by atoms with Crippen molar-refractivity contribution in [3.63, 3.8) is 0 Å². The van der Waals surface area contributed by atoms with Crippen LogP contribution in [0.1, 0.15) is 56.6 Å². The number of nitrogens with two attached hydrogens (primary N) is 1. The van der Waals surface area contributed by atoms with Gasteiger partial charge in [-0.25, -0.2) is 0 Å². The Morgan fingerprint density at radius 1 is 0.955 bits per heavy atom. The maximum absolute atomic E-state index is 9.15. The molecule has 0 radical (unpaired) electrons. The Bertz CT molecular complexity index is 422. The maximum atomic E-state index is 9.15. The fourth-order valence-corrected chi connectivity index (χ4v) is 2.32. The Labute approximate surface area is 134 Å². The average Bonchev–Trinajstić information content (AvgIpc) is 2.57. The van der Waals surface area contributed by atoms with Crippen LogP contribution >= 0.6 is 0 Å². The van der Waals surface area contributed by atoms with Crippen molar-refractivity contribution < 1.29 is 10.2 Å². The summed E-state index contributed by atoms with van der Waals surface area (Å²) in [6.45, 7) is 1.71. The molecule has 1 aromatic rings. The standard InChI is InChI=1S/C19H31NO2/c1-2-3-4-5-6-7-8-17-9-11-18(12-10-17)13-14-19(20,15-21)16-22/h9-14,21-22H,2-8,15-16,20H2,1H3. The van der Waals surface area contributed by atoms with Gasteiger partial charge in [0.2, 0.25) is 0 Å². The van der Waals surface area contributed by atoms with Gasteiger partial charge < -0.3 is 15.9 Å². The van der Waals surface area contributed by atoms with E-state index in [9.17, 15) is 0 Å². The summed E-state index contributed by atoms with van der Waals surface area (Å²) in [6.07, 6.45) is 12.6. The molecule has 0 fully saturated rings. The zero-order chi connectivity index (χ0) is 16.3. The Morgan fingerprint density at radius 2 is 1.55 bits per heavy atom. The molecule has 0 spiro atoms. The molecule has 1 aromatic carbocycles. The SMILES string of the molecule is CCCCCCCCc1ccc(C=CC(N)(CO)CO)cc1. The minimum atomic E-state index is -1.04. The van der Waals surface area contributed by atoms with E-state index in [0.717, 1.165) is 12.0 Å². The molecule has 4 N–H and O–H groups in total. The van der Waals surface area contributed by atoms with Gasteiger partial charge in [0, 0.05) is 0 Å². The van der Waals surface area contributed by atoms with Gasteiger partial charge in [-0.1, -0.05) is 75.4 Å². The molecule has 0 saturated heterocycles. The molecule has 3 heteroatoms. The monoisotopic (exact) mass is 305 g/mol. The third-order valence-electron chi connectivity index (χ3n) is 4.00. The topological polar surface area (TPSA) is 66.5 Å². The lowest BCUT2D eigenvalue weighted by Gasteiger charge is -2.19. The van der Waals surface area contributed by atoms with E-state index in [1.165, 1.54) is 44.1 Å². The molecule has 0 saturated carbocycles. The largest absolute Gasteiger partial charge is 0.394 e. The smallest absolute Gasteiger partial charge is 0.0811 e. The molecule has 1 rings (SSSR count). The Balaban J connectivity index is 2.38. The van der Waals surface area contributed by atoms with Gasteiger partial charge in [0.25, 0.3) is 0 Å². The van der Waals surface area contributed by atoms with E-state index in [2.05, 4.69) is 31.2 Å². The molecule has 0 aromatic heterocycles. The molecule has 0 heterocycles. The molecule has 22 heavy (non-hydrogen) atoms. The fraction of sp³-hybridized carbons (Fsp3) is 0.579. The van der Waals surface area contributed by atoms with Crippen LogP contribution in [0.5, 0.6) is 0 Å². The summed E-state index contributed by atoms with van der Waals surface area (Å²) in [5.41, 5.74) is 7.15. The van der Waals surface area contributed by atoms with Gasteiger partial charge >= 0.3 is 0 Å². The summed E-state index contributed by atoms with van der Waals surface area (Å²) in [5, 5.41) is 18.3. The number of unbranched alkanes of at least 4 members (excludes halogenated alkanes) is 5. The van der Waals surface area contributed by atoms with E-state index < -0.39 is 5.54 Å². The minimum absolute atomic E-state index is 0.268. The highest BCUT2D eigenvalue weighted by atomic mass is 16.3. The van der Waals surface area contributed by atoms with Crippen LogP contribution in [-0.4, -0.2) is 29.0 Å². The van der Waals surface area contributed by atoms with E-state index in [1.807, 2.05) is 6.08 Å². The van der Waals surface area contributed by atoms with Crippen molar-refractivity contribution in [2.45, 2.75) is 57.4 Å². The average molecular weight is 305 g/mol. The lowest BCUT2D eigenvalue weighted by molar-refractivity contribution is 0.152. The summed E-state index contributed by atoms with van der Waals surface area (Å²) in [6, 6.07) is 8.39. The van der Waals surface area contributed by atoms with Gasteiger partial charge in [-0.15, -0.1) is 0 Å². The zero-order valence-electron chi connectivity index (χ0n) is 13.8. The predicted molar refractivity (Wildman–Crippen MR) is 93.6 cm³/mol. The molecule has 0 aliphatic heterocycles. The maximum Gasteiger partial charge on any atom is 0.0811 e. The fourth-order valence-electron chi connectivity index (χ4n) is 2.32. The lowest BCUT2D eigenvalue weighted by Crippen LogP contribution is -2.45. The Hall–Kier alpha value is -1.16. The summed E-state index contributed by atoms with van der Waals surface area (Å²) in [5.74, 6) is 0. The molecule has 0 bridgehead atoms. The van der Waals surface area contributed by atoms with E-state index >= 15 is 0 Å². The summed E-state index contributed by atoms with van der Waals surface area (Å²) >= 11 is 0. The molecule has 0 atom stereocenters. The van der Waals surface area contributed by atoms with Crippen molar-refractivity contribution in [1.82, 2.24) is 0 Å². The van der Waals surface area contributed by atoms with Gasteiger partial charge in [0.15, 0.2) is 0 Å². The van der Waals surface area contributed by atoms with Crippen LogP contribution < -0.4 is 5.73 Å². The number of aliphatic hydroxyl groups is 2. The third kappa shape index (κ3) is 7.21. The van der Waals surface area contributed by atoms with Gasteiger partial charge in [-0.05, 0) is 24.0 Å². The van der Waals surface area contributed by atoms with Crippen molar-refractivity contribution in [3.05, 3.63) is 41.5 Å². The first-order valence-electron chi connectivity index (χ1n) is 8.42. The summed E-state index contributed by atoms with van der Waals surface area (Å²) < 4.78 is 0. The molecular formula is C19H31NO2. The number of benzene rings is 1. The second kappa shape index (κ2) is 10.5. The number of aliphatic hydroxyl groups excluding tert-OH is 2. The van der Waals surface area contributed by atoms with Crippen molar-refractivity contribution in [3.8, 4) is 0 Å². The zero-order valence-corrected chi connectivity index (χ0v) is 13.8. The normalized spacial score (nSPS) is 12.2. The summed E-state index contributed by atoms with van der Waals surface area (Å²) in [7, 11) is 0. The molecule has 0 unspecified atom stereocenters. The van der Waals surface area contributed by atoms with Gasteiger partial charge in [0.05, 0.1) is 18.8 Å². The van der Waals surface area contributed by atoms with Crippen molar-refractivity contribution >= 4 is 6.08 Å². The molecule has 0 aliphatic rings. The highest BCUT2D eigenvalue weighted by Gasteiger charge is 2.18. The van der Waals surface area contributed by atoms with Gasteiger partial charge in [-0.2, -0.15) is 0 Å². The second-order valence-electron chi connectivity index (χ2n) is 6.14. The van der Waals surface area contributed by atoms with Crippen LogP contribution in [0.4, 0.5) is 0 Å². The molecular weight excluding hydrogens is 274 g/mol. The van der Waals surface area contributed by atoms with E-state index in [0.29, 0.717) is 0 Å². The molecule has 3 nitrogen and oxygen atoms in total. The van der Waals surface area contributed by atoms with E-state index in [1.54, 1.807) is 6.08 Å². The Morgan fingerprint density at radius 3 is 2.14 bits per heavy atom. The van der Waals surface area contributed by atoms with Crippen LogP contribution in [0, 0.1) is 0 Å². The Kier molecular flexibility index (Phi) is 9.05. The molecule has 0 aliphatic carbocycles. The van der Waals surface area contributed by atoms with Crippen LogP contribution in [-0.2, 0) is 6.42 Å². The minimum Gasteiger partial charge on any atom is -0.394 e. The number of hydrogen-bond donors (Lipinski definition) is 3. The summed E-state index contributed by atoms with van der Waals surface area (Å²) in [4.78, 5) is 0. The van der Waals surface area contributed by atoms with Crippen molar-refractivity contribution in [1.29, 1.82) is 0 Å². The van der Waals surface area contributed by atoms with E-state index in [4.69, 9.17) is 15.9 Å². The second-order valence-corrected chi connectivity index (χ2v) is 6.14. The predicted octanol–water partition coefficient (Wildman–Crippen LogP) is 3.28. The highest BCUT2D eigenvalue weighted by molar-refractivity contribution is 5.51. The van der Waals surface area contributed by atoms with E-state index in [-0.39, 0.29) is 13.2 Å². The van der Waals surface area contributed by atoms with Crippen molar-refractivity contribution in [2.75, 3.05) is 13.2 Å². The van der Waals surface area contributed by atoms with Crippen LogP contribution in [0.15, 0.2) is 30.3 Å². The number of aryl methyl sites for hydroxylation is 1. The first kappa shape index (κ1) is 18.9. The lowest BCUT2D eigenvalue weighted by atomic mass is 10.0. The number of hydrogen-bond acceptors (Lipinski definition) is 3. The van der Waals surface area contributed by atoms with Gasteiger partial charge in [0.1, 0.15) is 0 Å². The highest BCUT2D eigenvalue weighted by Crippen LogP contribution is 2.13. The number of rotatable bonds is 11. The van der Waals surface area contributed by atoms with Crippen LogP contribution in [0.3, 0.4) is 0 Å². The van der Waals surface area contributed by atoms with Crippen LogP contribution in [0.2, 0.25) is 0 Å². The third-order valence-corrected chi connectivity index (χ3v) is 4.00. The quantitative estimate of drug-likeness (QED) is 0.550. The van der Waals surface area contributed by atoms with Crippen molar-refractivity contribution in [2.24, 2.45) is 5.73 Å². The first-order valence-corrected chi connectivity index (χ1v) is 8.42. The van der Waals surface area contributed by atoms with Crippen LogP contribution in [0.25, 0.3) is 6.08 Å². The first-order chi connectivity index (χ1) is 10.6. The molecule has 0 amide bonds.